The minimum absolute atomic E-state index is 0.0517. The summed E-state index contributed by atoms with van der Waals surface area (Å²) in [7, 11) is 0. The Kier molecular flexibility index (Phi) is 6.52. The van der Waals surface area contributed by atoms with Crippen molar-refractivity contribution in [2.45, 2.75) is 12.8 Å². The Morgan fingerprint density at radius 1 is 0.625 bits per heavy atom. The largest absolute Gasteiger partial charge is 0.355 e. The Bertz CT molecular complexity index is 211. The van der Waals surface area contributed by atoms with Crippen LogP contribution in [0.15, 0.2) is 0 Å². The minimum atomic E-state index is 0.0517. The molecular weight excluding hydrogens is 208 g/mol. The lowest BCUT2D eigenvalue weighted by Gasteiger charge is -2.10. The summed E-state index contributed by atoms with van der Waals surface area (Å²) in [5.41, 5.74) is 0. The second-order valence-corrected chi connectivity index (χ2v) is 3.70. The molecule has 0 aromatic carbocycles. The lowest BCUT2D eigenvalue weighted by Crippen LogP contribution is -2.38. The van der Waals surface area contributed by atoms with E-state index >= 15 is 0 Å². The van der Waals surface area contributed by atoms with Gasteiger partial charge in [-0.1, -0.05) is 0 Å². The van der Waals surface area contributed by atoms with Crippen LogP contribution in [0, 0.1) is 0 Å². The van der Waals surface area contributed by atoms with E-state index in [1.54, 1.807) is 0 Å². The van der Waals surface area contributed by atoms with Gasteiger partial charge in [-0.2, -0.15) is 0 Å². The van der Waals surface area contributed by atoms with E-state index in [1.165, 1.54) is 0 Å². The van der Waals surface area contributed by atoms with Crippen LogP contribution in [0.4, 0.5) is 0 Å². The van der Waals surface area contributed by atoms with Crippen LogP contribution in [0.3, 0.4) is 0 Å². The SMILES string of the molecule is O=C1CCNCCC(=O)NCCNCCN1. The van der Waals surface area contributed by atoms with Crippen molar-refractivity contribution in [2.75, 3.05) is 39.3 Å². The average Bonchev–Trinajstić information content (AvgIpc) is 2.26. The normalized spacial score (nSPS) is 21.8. The van der Waals surface area contributed by atoms with E-state index in [0.717, 1.165) is 13.1 Å². The van der Waals surface area contributed by atoms with Crippen molar-refractivity contribution in [3.63, 3.8) is 0 Å². The molecule has 1 heterocycles. The van der Waals surface area contributed by atoms with Crippen molar-refractivity contribution in [2.24, 2.45) is 0 Å². The maximum atomic E-state index is 11.3. The quantitative estimate of drug-likeness (QED) is 0.394. The molecule has 1 saturated heterocycles. The van der Waals surface area contributed by atoms with Gasteiger partial charge in [0.25, 0.3) is 0 Å². The molecule has 0 radical (unpaired) electrons. The summed E-state index contributed by atoms with van der Waals surface area (Å²) in [5, 5.41) is 11.8. The number of hydrogen-bond acceptors (Lipinski definition) is 4. The molecule has 6 nitrogen and oxygen atoms in total. The van der Waals surface area contributed by atoms with Gasteiger partial charge in [0.1, 0.15) is 0 Å². The summed E-state index contributed by atoms with van der Waals surface area (Å²) >= 11 is 0. The summed E-state index contributed by atoms with van der Waals surface area (Å²) in [6, 6.07) is 0. The lowest BCUT2D eigenvalue weighted by molar-refractivity contribution is -0.121. The third-order valence-corrected chi connectivity index (χ3v) is 2.31. The second-order valence-electron chi connectivity index (χ2n) is 3.70. The van der Waals surface area contributed by atoms with Crippen LogP contribution >= 0.6 is 0 Å². The molecule has 4 N–H and O–H groups in total. The standard InChI is InChI=1S/C10H20N4O2/c15-9-1-3-11-4-2-10(16)14-8-6-12-5-7-13-9/h11-12H,1-8H2,(H,13,15)(H,14,16). The van der Waals surface area contributed by atoms with Crippen LogP contribution < -0.4 is 21.3 Å². The van der Waals surface area contributed by atoms with E-state index in [2.05, 4.69) is 21.3 Å². The molecule has 1 fully saturated rings. The Morgan fingerprint density at radius 2 is 1.06 bits per heavy atom. The summed E-state index contributed by atoms with van der Waals surface area (Å²) < 4.78 is 0. The number of nitrogens with one attached hydrogen (secondary N) is 4. The molecule has 0 atom stereocenters. The summed E-state index contributed by atoms with van der Waals surface area (Å²) in [4.78, 5) is 22.5. The minimum Gasteiger partial charge on any atom is -0.355 e. The van der Waals surface area contributed by atoms with E-state index in [0.29, 0.717) is 39.0 Å². The van der Waals surface area contributed by atoms with Crippen LogP contribution in [-0.2, 0) is 9.59 Å². The van der Waals surface area contributed by atoms with Crippen LogP contribution in [0.2, 0.25) is 0 Å². The van der Waals surface area contributed by atoms with Gasteiger partial charge in [0, 0.05) is 52.1 Å². The number of hydrogen-bond donors (Lipinski definition) is 4. The fourth-order valence-electron chi connectivity index (χ4n) is 1.41. The van der Waals surface area contributed by atoms with Gasteiger partial charge in [0.05, 0.1) is 0 Å². The van der Waals surface area contributed by atoms with Crippen LogP contribution in [0.1, 0.15) is 12.8 Å². The van der Waals surface area contributed by atoms with E-state index in [4.69, 9.17) is 0 Å². The highest BCUT2D eigenvalue weighted by molar-refractivity contribution is 5.76. The highest BCUT2D eigenvalue weighted by Crippen LogP contribution is 1.81. The van der Waals surface area contributed by atoms with Crippen molar-refractivity contribution < 1.29 is 9.59 Å². The third-order valence-electron chi connectivity index (χ3n) is 2.31. The predicted molar refractivity (Wildman–Crippen MR) is 61.0 cm³/mol. The zero-order valence-corrected chi connectivity index (χ0v) is 9.47. The number of rotatable bonds is 0. The zero-order chi connectivity index (χ0) is 11.6. The van der Waals surface area contributed by atoms with Gasteiger partial charge in [0.15, 0.2) is 0 Å². The van der Waals surface area contributed by atoms with Crippen molar-refractivity contribution in [3.05, 3.63) is 0 Å². The Morgan fingerprint density at radius 3 is 1.56 bits per heavy atom. The van der Waals surface area contributed by atoms with Gasteiger partial charge >= 0.3 is 0 Å². The third kappa shape index (κ3) is 6.36. The van der Waals surface area contributed by atoms with Crippen LogP contribution in [0.5, 0.6) is 0 Å². The van der Waals surface area contributed by atoms with Crippen molar-refractivity contribution >= 4 is 11.8 Å². The monoisotopic (exact) mass is 228 g/mol. The summed E-state index contributed by atoms with van der Waals surface area (Å²) in [6.07, 6.45) is 0.920. The molecule has 1 aliphatic heterocycles. The van der Waals surface area contributed by atoms with Gasteiger partial charge < -0.3 is 21.3 Å². The number of carbonyl (C=O) groups excluding carboxylic acids is 2. The number of amides is 2. The summed E-state index contributed by atoms with van der Waals surface area (Å²) in [6.45, 7) is 3.96. The molecule has 0 saturated carbocycles. The maximum absolute atomic E-state index is 11.3. The average molecular weight is 228 g/mol. The Balaban J connectivity index is 2.23. The Hall–Kier alpha value is -1.14. The molecule has 1 rings (SSSR count). The highest BCUT2D eigenvalue weighted by Gasteiger charge is 2.03. The number of carbonyl (C=O) groups is 2. The first kappa shape index (κ1) is 12.9. The molecular formula is C10H20N4O2. The van der Waals surface area contributed by atoms with Crippen LogP contribution in [-0.4, -0.2) is 51.1 Å². The zero-order valence-electron chi connectivity index (χ0n) is 9.47. The van der Waals surface area contributed by atoms with Crippen LogP contribution in [0.25, 0.3) is 0 Å². The molecule has 92 valence electrons. The van der Waals surface area contributed by atoms with Gasteiger partial charge in [-0.05, 0) is 0 Å². The van der Waals surface area contributed by atoms with Crippen molar-refractivity contribution in [1.82, 2.24) is 21.3 Å². The first-order valence-electron chi connectivity index (χ1n) is 5.74. The van der Waals surface area contributed by atoms with Gasteiger partial charge in [0.2, 0.25) is 11.8 Å². The first-order chi connectivity index (χ1) is 7.79. The highest BCUT2D eigenvalue weighted by atomic mass is 16.2. The topological polar surface area (TPSA) is 82.3 Å². The van der Waals surface area contributed by atoms with E-state index in [9.17, 15) is 9.59 Å². The van der Waals surface area contributed by atoms with Gasteiger partial charge in [-0.25, -0.2) is 0 Å². The van der Waals surface area contributed by atoms with E-state index < -0.39 is 0 Å². The molecule has 0 bridgehead atoms. The van der Waals surface area contributed by atoms with E-state index in [1.807, 2.05) is 0 Å². The predicted octanol–water partition coefficient (Wildman–Crippen LogP) is -1.81. The Labute approximate surface area is 95.5 Å². The summed E-state index contributed by atoms with van der Waals surface area (Å²) in [5.74, 6) is 0.103. The lowest BCUT2D eigenvalue weighted by atomic mass is 10.3. The molecule has 2 amide bonds. The second kappa shape index (κ2) is 8.06. The molecule has 16 heavy (non-hydrogen) atoms. The molecule has 0 spiro atoms. The first-order valence-corrected chi connectivity index (χ1v) is 5.74. The molecule has 1 aliphatic rings. The molecule has 0 unspecified atom stereocenters. The van der Waals surface area contributed by atoms with E-state index in [-0.39, 0.29) is 11.8 Å². The molecule has 0 aromatic rings. The molecule has 0 aromatic heterocycles. The fraction of sp³-hybridized carbons (Fsp3) is 0.800. The smallest absolute Gasteiger partial charge is 0.221 e. The van der Waals surface area contributed by atoms with Gasteiger partial charge in [-0.15, -0.1) is 0 Å². The van der Waals surface area contributed by atoms with Crippen molar-refractivity contribution in [3.8, 4) is 0 Å². The maximum Gasteiger partial charge on any atom is 0.221 e. The van der Waals surface area contributed by atoms with Crippen molar-refractivity contribution in [1.29, 1.82) is 0 Å². The molecule has 0 aliphatic carbocycles. The van der Waals surface area contributed by atoms with Gasteiger partial charge in [-0.3, -0.25) is 9.59 Å². The molecule has 6 heteroatoms. The fourth-order valence-corrected chi connectivity index (χ4v) is 1.41.